The molecule has 1 aromatic carbocycles. The summed E-state index contributed by atoms with van der Waals surface area (Å²) < 4.78 is 20.3. The van der Waals surface area contributed by atoms with E-state index in [1.807, 2.05) is 19.2 Å². The zero-order valence-electron chi connectivity index (χ0n) is 10.0. The molecule has 0 saturated carbocycles. The normalized spacial score (nSPS) is 12.4. The van der Waals surface area contributed by atoms with Crippen LogP contribution in [0.4, 0.5) is 4.39 Å². The first kappa shape index (κ1) is 13.5. The third-order valence-corrected chi connectivity index (χ3v) is 4.38. The Balaban J connectivity index is 2.51. The molecule has 0 fully saturated rings. The Hall–Kier alpha value is -0.910. The molecule has 2 nitrogen and oxygen atoms in total. The van der Waals surface area contributed by atoms with Gasteiger partial charge < -0.3 is 10.1 Å². The molecule has 1 aromatic heterocycles. The molecule has 2 rings (SSSR count). The molecule has 1 unspecified atom stereocenters. The molecule has 0 aliphatic carbocycles. The van der Waals surface area contributed by atoms with Crippen LogP contribution in [0.3, 0.4) is 0 Å². The van der Waals surface area contributed by atoms with Crippen LogP contribution in [0.2, 0.25) is 0 Å². The van der Waals surface area contributed by atoms with Crippen LogP contribution in [0.5, 0.6) is 5.75 Å². The minimum atomic E-state index is -0.266. The van der Waals surface area contributed by atoms with Crippen LogP contribution >= 0.6 is 27.3 Å². The van der Waals surface area contributed by atoms with Gasteiger partial charge in [0.05, 0.1) is 22.5 Å². The van der Waals surface area contributed by atoms with Gasteiger partial charge in [0.25, 0.3) is 0 Å². The third-order valence-electron chi connectivity index (χ3n) is 2.69. The lowest BCUT2D eigenvalue weighted by Gasteiger charge is -2.18. The summed E-state index contributed by atoms with van der Waals surface area (Å²) in [6, 6.07) is 8.59. The Bertz CT molecular complexity index is 544. The number of benzene rings is 1. The van der Waals surface area contributed by atoms with Crippen molar-refractivity contribution in [3.63, 3.8) is 0 Å². The lowest BCUT2D eigenvalue weighted by Crippen LogP contribution is -2.18. The predicted octanol–water partition coefficient (Wildman–Crippen LogP) is 3.97. The smallest absolute Gasteiger partial charge is 0.132 e. The summed E-state index contributed by atoms with van der Waals surface area (Å²) in [7, 11) is 3.36. The monoisotopic (exact) mass is 329 g/mol. The Morgan fingerprint density at radius 3 is 2.67 bits per heavy atom. The highest BCUT2D eigenvalue weighted by Gasteiger charge is 2.21. The Kier molecular flexibility index (Phi) is 4.37. The van der Waals surface area contributed by atoms with Crippen molar-refractivity contribution in [3.05, 3.63) is 50.4 Å². The fraction of sp³-hybridized carbons (Fsp3) is 0.231. The lowest BCUT2D eigenvalue weighted by atomic mass is 10.0. The van der Waals surface area contributed by atoms with E-state index in [9.17, 15) is 4.39 Å². The highest BCUT2D eigenvalue weighted by atomic mass is 79.9. The van der Waals surface area contributed by atoms with Gasteiger partial charge in [0.1, 0.15) is 11.6 Å². The number of rotatable bonds is 4. The van der Waals surface area contributed by atoms with Gasteiger partial charge >= 0.3 is 0 Å². The second kappa shape index (κ2) is 5.82. The summed E-state index contributed by atoms with van der Waals surface area (Å²) in [6.45, 7) is 0. The van der Waals surface area contributed by atoms with E-state index >= 15 is 0 Å². The second-order valence-electron chi connectivity index (χ2n) is 3.72. The van der Waals surface area contributed by atoms with Gasteiger partial charge in [-0.2, -0.15) is 0 Å². The van der Waals surface area contributed by atoms with Crippen molar-refractivity contribution in [2.75, 3.05) is 14.2 Å². The summed E-state index contributed by atoms with van der Waals surface area (Å²) in [6.07, 6.45) is 0. The number of methoxy groups -OCH3 is 1. The first-order valence-electron chi connectivity index (χ1n) is 5.42. The van der Waals surface area contributed by atoms with Gasteiger partial charge in [-0.3, -0.25) is 0 Å². The van der Waals surface area contributed by atoms with Crippen molar-refractivity contribution in [2.45, 2.75) is 6.04 Å². The van der Waals surface area contributed by atoms with Crippen LogP contribution in [-0.4, -0.2) is 14.2 Å². The molecule has 0 bridgehead atoms. The highest BCUT2D eigenvalue weighted by molar-refractivity contribution is 9.11. The van der Waals surface area contributed by atoms with Crippen molar-refractivity contribution in [3.8, 4) is 5.75 Å². The standard InChI is InChI=1S/C13H13BrFNOS/c1-16-13(10-6-7-11(14)18-10)12-8(15)4-3-5-9(12)17-2/h3-7,13,16H,1-2H3. The van der Waals surface area contributed by atoms with Crippen LogP contribution < -0.4 is 10.1 Å². The fourth-order valence-corrected chi connectivity index (χ4v) is 3.43. The number of hydrogen-bond donors (Lipinski definition) is 1. The summed E-state index contributed by atoms with van der Waals surface area (Å²) in [5.41, 5.74) is 0.539. The van der Waals surface area contributed by atoms with E-state index in [1.165, 1.54) is 6.07 Å². The minimum absolute atomic E-state index is 0.211. The van der Waals surface area contributed by atoms with Crippen LogP contribution in [0.25, 0.3) is 0 Å². The molecule has 18 heavy (non-hydrogen) atoms. The average Bonchev–Trinajstić information content (AvgIpc) is 2.78. The van der Waals surface area contributed by atoms with Gasteiger partial charge in [-0.25, -0.2) is 4.39 Å². The van der Waals surface area contributed by atoms with E-state index in [2.05, 4.69) is 21.2 Å². The Morgan fingerprint density at radius 1 is 1.33 bits per heavy atom. The number of hydrogen-bond acceptors (Lipinski definition) is 3. The van der Waals surface area contributed by atoms with Crippen LogP contribution in [0.1, 0.15) is 16.5 Å². The molecule has 1 atom stereocenters. The minimum Gasteiger partial charge on any atom is -0.496 e. The molecular weight excluding hydrogens is 317 g/mol. The molecule has 0 radical (unpaired) electrons. The quantitative estimate of drug-likeness (QED) is 0.916. The molecule has 0 amide bonds. The number of nitrogens with one attached hydrogen (secondary N) is 1. The zero-order valence-corrected chi connectivity index (χ0v) is 12.4. The van der Waals surface area contributed by atoms with Gasteiger partial charge in [0, 0.05) is 4.88 Å². The van der Waals surface area contributed by atoms with Gasteiger partial charge in [-0.1, -0.05) is 6.07 Å². The van der Waals surface area contributed by atoms with Crippen molar-refractivity contribution < 1.29 is 9.13 Å². The molecule has 0 aliphatic rings. The predicted molar refractivity (Wildman–Crippen MR) is 75.9 cm³/mol. The largest absolute Gasteiger partial charge is 0.496 e. The maximum absolute atomic E-state index is 14.0. The molecule has 0 aliphatic heterocycles. The number of halogens is 2. The van der Waals surface area contributed by atoms with Crippen molar-refractivity contribution >= 4 is 27.3 Å². The van der Waals surface area contributed by atoms with E-state index in [-0.39, 0.29) is 11.9 Å². The first-order chi connectivity index (χ1) is 8.67. The molecule has 96 valence electrons. The lowest BCUT2D eigenvalue weighted by molar-refractivity contribution is 0.399. The molecule has 0 spiro atoms. The second-order valence-corrected chi connectivity index (χ2v) is 6.21. The van der Waals surface area contributed by atoms with Gasteiger partial charge in [0.2, 0.25) is 0 Å². The molecular formula is C13H13BrFNOS. The molecule has 2 aromatic rings. The Morgan fingerprint density at radius 2 is 2.11 bits per heavy atom. The maximum Gasteiger partial charge on any atom is 0.132 e. The van der Waals surface area contributed by atoms with Crippen molar-refractivity contribution in [1.82, 2.24) is 5.32 Å². The van der Waals surface area contributed by atoms with Crippen molar-refractivity contribution in [2.24, 2.45) is 0 Å². The number of ether oxygens (including phenoxy) is 1. The summed E-state index contributed by atoms with van der Waals surface area (Å²) >= 11 is 5.00. The van der Waals surface area contributed by atoms with Gasteiger partial charge in [-0.15, -0.1) is 11.3 Å². The summed E-state index contributed by atoms with van der Waals surface area (Å²) in [5, 5.41) is 3.13. The van der Waals surface area contributed by atoms with Gasteiger partial charge in [-0.05, 0) is 47.2 Å². The van der Waals surface area contributed by atoms with E-state index in [0.717, 1.165) is 8.66 Å². The molecule has 1 N–H and O–H groups in total. The molecule has 5 heteroatoms. The third kappa shape index (κ3) is 2.58. The summed E-state index contributed by atoms with van der Waals surface area (Å²) in [4.78, 5) is 1.03. The van der Waals surface area contributed by atoms with E-state index < -0.39 is 0 Å². The van der Waals surface area contributed by atoms with Gasteiger partial charge in [0.15, 0.2) is 0 Å². The molecule has 0 saturated heterocycles. The highest BCUT2D eigenvalue weighted by Crippen LogP contribution is 2.36. The van der Waals surface area contributed by atoms with Crippen LogP contribution in [-0.2, 0) is 0 Å². The molecule has 1 heterocycles. The fourth-order valence-electron chi connectivity index (χ4n) is 1.89. The SMILES string of the molecule is CNC(c1ccc(Br)s1)c1c(F)cccc1OC. The van der Waals surface area contributed by atoms with Crippen molar-refractivity contribution in [1.29, 1.82) is 0 Å². The topological polar surface area (TPSA) is 21.3 Å². The van der Waals surface area contributed by atoms with E-state index in [1.54, 1.807) is 30.6 Å². The Labute approximate surface area is 118 Å². The number of thiophene rings is 1. The maximum atomic E-state index is 14.0. The van der Waals surface area contributed by atoms with E-state index in [4.69, 9.17) is 4.74 Å². The van der Waals surface area contributed by atoms with Crippen LogP contribution in [0.15, 0.2) is 34.1 Å². The first-order valence-corrected chi connectivity index (χ1v) is 7.03. The van der Waals surface area contributed by atoms with E-state index in [0.29, 0.717) is 11.3 Å². The van der Waals surface area contributed by atoms with Crippen LogP contribution in [0, 0.1) is 5.82 Å². The average molecular weight is 330 g/mol. The summed E-state index contributed by atoms with van der Waals surface area (Å²) in [5.74, 6) is 0.289. The zero-order chi connectivity index (χ0) is 13.1.